The molecule has 0 spiro atoms. The molecule has 122 valence electrons. The predicted octanol–water partition coefficient (Wildman–Crippen LogP) is 0.572. The van der Waals surface area contributed by atoms with Gasteiger partial charge in [-0.25, -0.2) is 5.01 Å². The SMILES string of the molecule is C[C@@H]1CN(C(=O)C2=NCC(=O)N(c3ccccc3)N2)C[C@H](C)O1. The molecule has 2 heterocycles. The molecule has 7 nitrogen and oxygen atoms in total. The third-order valence-corrected chi connectivity index (χ3v) is 3.76. The van der Waals surface area contributed by atoms with Crippen LogP contribution in [0.5, 0.6) is 0 Å². The Balaban J connectivity index is 1.75. The number of para-hydroxylation sites is 1. The van der Waals surface area contributed by atoms with Gasteiger partial charge in [-0.05, 0) is 26.0 Å². The Morgan fingerprint density at radius 1 is 1.22 bits per heavy atom. The molecule has 0 bridgehead atoms. The van der Waals surface area contributed by atoms with E-state index in [0.717, 1.165) is 0 Å². The summed E-state index contributed by atoms with van der Waals surface area (Å²) in [6.07, 6.45) is -0.0301. The second-order valence-corrected chi connectivity index (χ2v) is 5.81. The van der Waals surface area contributed by atoms with Gasteiger partial charge in [0.05, 0.1) is 17.9 Å². The lowest BCUT2D eigenvalue weighted by Crippen LogP contribution is -2.59. The third-order valence-electron chi connectivity index (χ3n) is 3.76. The van der Waals surface area contributed by atoms with Gasteiger partial charge in [0.1, 0.15) is 6.54 Å². The van der Waals surface area contributed by atoms with Crippen molar-refractivity contribution in [1.29, 1.82) is 0 Å². The van der Waals surface area contributed by atoms with Crippen LogP contribution in [0.1, 0.15) is 13.8 Å². The fourth-order valence-electron chi connectivity index (χ4n) is 2.82. The minimum absolute atomic E-state index is 0.0150. The van der Waals surface area contributed by atoms with Crippen molar-refractivity contribution < 1.29 is 14.3 Å². The zero-order valence-electron chi connectivity index (χ0n) is 13.2. The zero-order valence-corrected chi connectivity index (χ0v) is 13.2. The molecular formula is C16H20N4O3. The number of amidine groups is 1. The highest BCUT2D eigenvalue weighted by molar-refractivity contribution is 6.39. The smallest absolute Gasteiger partial charge is 0.290 e. The lowest BCUT2D eigenvalue weighted by Gasteiger charge is -2.36. The molecule has 0 unspecified atom stereocenters. The van der Waals surface area contributed by atoms with E-state index in [1.54, 1.807) is 17.0 Å². The Bertz CT molecular complexity index is 621. The highest BCUT2D eigenvalue weighted by Crippen LogP contribution is 2.15. The lowest BCUT2D eigenvalue weighted by atomic mass is 10.2. The van der Waals surface area contributed by atoms with Gasteiger partial charge in [-0.3, -0.25) is 20.0 Å². The molecule has 1 aromatic rings. The number of nitrogens with zero attached hydrogens (tertiary/aromatic N) is 3. The van der Waals surface area contributed by atoms with Crippen LogP contribution in [0.3, 0.4) is 0 Å². The van der Waals surface area contributed by atoms with Crippen molar-refractivity contribution in [2.75, 3.05) is 24.6 Å². The maximum Gasteiger partial charge on any atom is 0.290 e. The monoisotopic (exact) mass is 316 g/mol. The standard InChI is InChI=1S/C16H20N4O3/c1-11-9-19(10-12(2)23-11)16(22)15-17-8-14(21)20(18-15)13-6-4-3-5-7-13/h3-7,11-12H,8-10H2,1-2H3,(H,17,18)/t11-,12+. The van der Waals surface area contributed by atoms with E-state index < -0.39 is 0 Å². The molecule has 1 fully saturated rings. The first-order chi connectivity index (χ1) is 11.0. The normalized spacial score (nSPS) is 25.0. The average molecular weight is 316 g/mol. The van der Waals surface area contributed by atoms with Gasteiger partial charge in [-0.1, -0.05) is 18.2 Å². The number of anilines is 1. The molecular weight excluding hydrogens is 296 g/mol. The van der Waals surface area contributed by atoms with Gasteiger partial charge in [0, 0.05) is 13.1 Å². The van der Waals surface area contributed by atoms with E-state index in [4.69, 9.17) is 4.74 Å². The predicted molar refractivity (Wildman–Crippen MR) is 86.0 cm³/mol. The molecule has 0 saturated carbocycles. The van der Waals surface area contributed by atoms with Crippen molar-refractivity contribution in [3.8, 4) is 0 Å². The third kappa shape index (κ3) is 3.34. The minimum Gasteiger partial charge on any atom is -0.372 e. The van der Waals surface area contributed by atoms with Crippen molar-refractivity contribution in [3.63, 3.8) is 0 Å². The Labute approximate surface area is 134 Å². The van der Waals surface area contributed by atoms with Gasteiger partial charge in [0.15, 0.2) is 0 Å². The van der Waals surface area contributed by atoms with Gasteiger partial charge in [-0.2, -0.15) is 0 Å². The number of rotatable bonds is 2. The van der Waals surface area contributed by atoms with E-state index in [-0.39, 0.29) is 36.4 Å². The Morgan fingerprint density at radius 2 is 1.87 bits per heavy atom. The van der Waals surface area contributed by atoms with E-state index in [1.807, 2.05) is 32.0 Å². The summed E-state index contributed by atoms with van der Waals surface area (Å²) in [6.45, 7) is 4.86. The van der Waals surface area contributed by atoms with Crippen LogP contribution < -0.4 is 10.4 Å². The van der Waals surface area contributed by atoms with Crippen LogP contribution in [0, 0.1) is 0 Å². The molecule has 0 aliphatic carbocycles. The van der Waals surface area contributed by atoms with E-state index in [0.29, 0.717) is 18.8 Å². The van der Waals surface area contributed by atoms with Gasteiger partial charge >= 0.3 is 0 Å². The van der Waals surface area contributed by atoms with Crippen molar-refractivity contribution in [3.05, 3.63) is 30.3 Å². The molecule has 2 aliphatic heterocycles. The zero-order chi connectivity index (χ0) is 16.4. The number of morpholine rings is 1. The molecule has 2 atom stereocenters. The topological polar surface area (TPSA) is 74.2 Å². The summed E-state index contributed by atoms with van der Waals surface area (Å²) in [7, 11) is 0. The Hall–Kier alpha value is -2.41. The van der Waals surface area contributed by atoms with E-state index in [1.165, 1.54) is 5.01 Å². The summed E-state index contributed by atoms with van der Waals surface area (Å²) < 4.78 is 5.64. The van der Waals surface area contributed by atoms with E-state index in [9.17, 15) is 9.59 Å². The molecule has 1 saturated heterocycles. The number of hydrazine groups is 1. The van der Waals surface area contributed by atoms with Crippen LogP contribution in [-0.2, 0) is 14.3 Å². The summed E-state index contributed by atoms with van der Waals surface area (Å²) in [5.41, 5.74) is 3.53. The van der Waals surface area contributed by atoms with Crippen LogP contribution in [-0.4, -0.2) is 54.4 Å². The molecule has 2 aliphatic rings. The van der Waals surface area contributed by atoms with Crippen LogP contribution in [0.15, 0.2) is 35.3 Å². The fraction of sp³-hybridized carbons (Fsp3) is 0.438. The number of nitrogens with one attached hydrogen (secondary N) is 1. The van der Waals surface area contributed by atoms with Crippen molar-refractivity contribution in [1.82, 2.24) is 10.3 Å². The molecule has 0 radical (unpaired) electrons. The number of hydrogen-bond acceptors (Lipinski definition) is 5. The van der Waals surface area contributed by atoms with Crippen molar-refractivity contribution >= 4 is 23.3 Å². The fourth-order valence-corrected chi connectivity index (χ4v) is 2.82. The summed E-state index contributed by atoms with van der Waals surface area (Å²) in [5.74, 6) is -0.216. The van der Waals surface area contributed by atoms with Gasteiger partial charge < -0.3 is 9.64 Å². The molecule has 2 amide bonds. The number of carbonyl (C=O) groups excluding carboxylic acids is 2. The van der Waals surface area contributed by atoms with Crippen molar-refractivity contribution in [2.45, 2.75) is 26.1 Å². The molecule has 23 heavy (non-hydrogen) atoms. The van der Waals surface area contributed by atoms with Crippen LogP contribution >= 0.6 is 0 Å². The number of amides is 2. The second kappa shape index (κ2) is 6.37. The largest absolute Gasteiger partial charge is 0.372 e. The summed E-state index contributed by atoms with van der Waals surface area (Å²) >= 11 is 0. The van der Waals surface area contributed by atoms with Crippen LogP contribution in [0.2, 0.25) is 0 Å². The highest BCUT2D eigenvalue weighted by atomic mass is 16.5. The summed E-state index contributed by atoms with van der Waals surface area (Å²) in [5, 5.41) is 1.37. The summed E-state index contributed by atoms with van der Waals surface area (Å²) in [4.78, 5) is 30.5. The van der Waals surface area contributed by atoms with Gasteiger partial charge in [-0.15, -0.1) is 0 Å². The lowest BCUT2D eigenvalue weighted by molar-refractivity contribution is -0.136. The maximum absolute atomic E-state index is 12.7. The average Bonchev–Trinajstić information content (AvgIpc) is 2.54. The highest BCUT2D eigenvalue weighted by Gasteiger charge is 2.32. The molecule has 1 N–H and O–H groups in total. The maximum atomic E-state index is 12.7. The summed E-state index contributed by atoms with van der Waals surface area (Å²) in [6, 6.07) is 9.15. The second-order valence-electron chi connectivity index (χ2n) is 5.81. The number of benzene rings is 1. The van der Waals surface area contributed by atoms with Crippen LogP contribution in [0.4, 0.5) is 5.69 Å². The van der Waals surface area contributed by atoms with E-state index in [2.05, 4.69) is 10.4 Å². The van der Waals surface area contributed by atoms with E-state index >= 15 is 0 Å². The molecule has 3 rings (SSSR count). The number of ether oxygens (including phenoxy) is 1. The number of aliphatic imine (C=N–C) groups is 1. The van der Waals surface area contributed by atoms with Crippen molar-refractivity contribution in [2.24, 2.45) is 4.99 Å². The Kier molecular flexibility index (Phi) is 4.29. The molecule has 0 aromatic heterocycles. The first kappa shape index (κ1) is 15.5. The first-order valence-corrected chi connectivity index (χ1v) is 7.68. The van der Waals surface area contributed by atoms with Gasteiger partial charge in [0.2, 0.25) is 5.84 Å². The van der Waals surface area contributed by atoms with Gasteiger partial charge in [0.25, 0.3) is 11.8 Å². The molecule has 1 aromatic carbocycles. The quantitative estimate of drug-likeness (QED) is 0.866. The number of carbonyl (C=O) groups is 2. The molecule has 7 heteroatoms. The van der Waals surface area contributed by atoms with Crippen LogP contribution in [0.25, 0.3) is 0 Å². The Morgan fingerprint density at radius 3 is 2.52 bits per heavy atom. The minimum atomic E-state index is -0.208. The first-order valence-electron chi connectivity index (χ1n) is 7.68. The number of hydrogen-bond donors (Lipinski definition) is 1.